The molecule has 0 fully saturated rings. The van der Waals surface area contributed by atoms with Crippen molar-refractivity contribution in [3.63, 3.8) is 0 Å². The monoisotopic (exact) mass is 352 g/mol. The molecule has 7 nitrogen and oxygen atoms in total. The molecule has 0 aliphatic carbocycles. The Hall–Kier alpha value is -3.35. The van der Waals surface area contributed by atoms with Gasteiger partial charge in [0.15, 0.2) is 0 Å². The van der Waals surface area contributed by atoms with E-state index in [1.54, 1.807) is 31.4 Å². The number of rotatable bonds is 5. The maximum absolute atomic E-state index is 12.2. The van der Waals surface area contributed by atoms with Crippen LogP contribution in [0.5, 0.6) is 5.75 Å². The molecule has 0 saturated carbocycles. The van der Waals surface area contributed by atoms with Gasteiger partial charge < -0.3 is 15.4 Å². The minimum absolute atomic E-state index is 0.0309. The van der Waals surface area contributed by atoms with E-state index in [-0.39, 0.29) is 18.2 Å². The highest BCUT2D eigenvalue weighted by atomic mass is 16.5. The lowest BCUT2D eigenvalue weighted by Gasteiger charge is -2.07. The van der Waals surface area contributed by atoms with Crippen molar-refractivity contribution in [1.29, 1.82) is 0 Å². The fraction of sp³-hybridized carbons (Fsp3) is 0.211. The molecule has 1 heterocycles. The smallest absolute Gasteiger partial charge is 0.252 e. The lowest BCUT2D eigenvalue weighted by Crippen LogP contribution is -2.33. The Balaban J connectivity index is 1.58. The molecule has 0 bridgehead atoms. The highest BCUT2D eigenvalue weighted by molar-refractivity contribution is 6.11. The van der Waals surface area contributed by atoms with E-state index in [1.807, 2.05) is 31.2 Å². The molecule has 1 atom stereocenters. The second-order valence-corrected chi connectivity index (χ2v) is 5.96. The van der Waals surface area contributed by atoms with Crippen LogP contribution in [0, 0.1) is 6.92 Å². The standard InChI is InChI=1S/C19H20N4O3/c1-12-4-3-5-14(10-12)21-19-22-16(18(25)23-19)11-17(24)20-13-6-8-15(26-2)9-7-13/h3-10,16H,11H2,1-2H3,(H,20,24)(H2,21,22,23,25)/t16-/m1/s1. The van der Waals surface area contributed by atoms with Crippen molar-refractivity contribution >= 4 is 29.1 Å². The molecule has 2 aromatic rings. The predicted octanol–water partition coefficient (Wildman–Crippen LogP) is 2.30. The third-order valence-electron chi connectivity index (χ3n) is 3.86. The number of aliphatic imine (C=N–C) groups is 1. The average Bonchev–Trinajstić information content (AvgIpc) is 2.94. The van der Waals surface area contributed by atoms with Crippen molar-refractivity contribution in [1.82, 2.24) is 5.32 Å². The normalized spacial score (nSPS) is 15.8. The average molecular weight is 352 g/mol. The van der Waals surface area contributed by atoms with Crippen LogP contribution in [0.4, 0.5) is 11.4 Å². The van der Waals surface area contributed by atoms with Crippen molar-refractivity contribution < 1.29 is 14.3 Å². The molecule has 1 aliphatic rings. The van der Waals surface area contributed by atoms with Gasteiger partial charge in [0, 0.05) is 11.4 Å². The molecule has 0 radical (unpaired) electrons. The molecular formula is C19H20N4O3. The van der Waals surface area contributed by atoms with Crippen molar-refractivity contribution in [3.05, 3.63) is 54.1 Å². The van der Waals surface area contributed by atoms with Gasteiger partial charge in [0.05, 0.1) is 13.5 Å². The number of ether oxygens (including phenoxy) is 1. The van der Waals surface area contributed by atoms with E-state index in [0.29, 0.717) is 17.4 Å². The summed E-state index contributed by atoms with van der Waals surface area (Å²) in [5, 5.41) is 8.46. The maximum Gasteiger partial charge on any atom is 0.252 e. The number of methoxy groups -OCH3 is 1. The first kappa shape index (κ1) is 17.5. The summed E-state index contributed by atoms with van der Waals surface area (Å²) in [6.45, 7) is 1.98. The quantitative estimate of drug-likeness (QED) is 0.770. The van der Waals surface area contributed by atoms with Crippen molar-refractivity contribution in [2.45, 2.75) is 19.4 Å². The molecule has 0 aromatic heterocycles. The fourth-order valence-electron chi connectivity index (χ4n) is 2.57. The van der Waals surface area contributed by atoms with Crippen LogP contribution in [0.2, 0.25) is 0 Å². The number of aryl methyl sites for hydroxylation is 1. The van der Waals surface area contributed by atoms with Gasteiger partial charge in [-0.05, 0) is 48.9 Å². The van der Waals surface area contributed by atoms with Crippen molar-refractivity contribution in [2.24, 2.45) is 4.99 Å². The minimum atomic E-state index is -0.749. The Morgan fingerprint density at radius 1 is 1.19 bits per heavy atom. The van der Waals surface area contributed by atoms with Crippen molar-refractivity contribution in [3.8, 4) is 5.75 Å². The Morgan fingerprint density at radius 2 is 1.96 bits per heavy atom. The van der Waals surface area contributed by atoms with Gasteiger partial charge in [-0.2, -0.15) is 0 Å². The Labute approximate surface area is 151 Å². The van der Waals surface area contributed by atoms with Gasteiger partial charge >= 0.3 is 0 Å². The summed E-state index contributed by atoms with van der Waals surface area (Å²) in [4.78, 5) is 28.5. The van der Waals surface area contributed by atoms with Gasteiger partial charge in [-0.25, -0.2) is 4.99 Å². The third-order valence-corrected chi connectivity index (χ3v) is 3.86. The lowest BCUT2D eigenvalue weighted by atomic mass is 10.2. The number of anilines is 2. The zero-order valence-corrected chi connectivity index (χ0v) is 14.6. The number of hydrogen-bond acceptors (Lipinski definition) is 5. The van der Waals surface area contributed by atoms with E-state index >= 15 is 0 Å². The summed E-state index contributed by atoms with van der Waals surface area (Å²) < 4.78 is 5.07. The zero-order chi connectivity index (χ0) is 18.5. The summed E-state index contributed by atoms with van der Waals surface area (Å²) in [5.74, 6) is 0.471. The Bertz CT molecular complexity index is 846. The molecule has 1 aliphatic heterocycles. The Morgan fingerprint density at radius 3 is 2.65 bits per heavy atom. The van der Waals surface area contributed by atoms with Crippen LogP contribution in [0.15, 0.2) is 53.5 Å². The van der Waals surface area contributed by atoms with E-state index in [4.69, 9.17) is 4.74 Å². The molecule has 7 heteroatoms. The maximum atomic E-state index is 12.2. The Kier molecular flexibility index (Phi) is 5.17. The van der Waals surface area contributed by atoms with Crippen LogP contribution in [-0.2, 0) is 9.59 Å². The molecule has 3 rings (SSSR count). The second-order valence-electron chi connectivity index (χ2n) is 5.96. The van der Waals surface area contributed by atoms with Crippen LogP contribution in [0.3, 0.4) is 0 Å². The van der Waals surface area contributed by atoms with Gasteiger partial charge in [0.2, 0.25) is 11.9 Å². The van der Waals surface area contributed by atoms with E-state index < -0.39 is 6.04 Å². The third kappa shape index (κ3) is 4.38. The SMILES string of the molecule is COc1ccc(NC(=O)C[C@H]2N=C(Nc3cccc(C)c3)NC2=O)cc1. The highest BCUT2D eigenvalue weighted by Crippen LogP contribution is 2.16. The topological polar surface area (TPSA) is 91.8 Å². The minimum Gasteiger partial charge on any atom is -0.497 e. The van der Waals surface area contributed by atoms with Gasteiger partial charge in [0.25, 0.3) is 5.91 Å². The van der Waals surface area contributed by atoms with E-state index in [2.05, 4.69) is 20.9 Å². The van der Waals surface area contributed by atoms with Gasteiger partial charge in [-0.15, -0.1) is 0 Å². The molecule has 134 valence electrons. The van der Waals surface area contributed by atoms with Crippen LogP contribution >= 0.6 is 0 Å². The summed E-state index contributed by atoms with van der Waals surface area (Å²) in [5.41, 5.74) is 2.55. The first-order valence-corrected chi connectivity index (χ1v) is 8.20. The van der Waals surface area contributed by atoms with E-state index in [0.717, 1.165) is 11.3 Å². The molecule has 3 N–H and O–H groups in total. The number of benzene rings is 2. The molecule has 0 spiro atoms. The first-order chi connectivity index (χ1) is 12.5. The first-order valence-electron chi connectivity index (χ1n) is 8.20. The summed E-state index contributed by atoms with van der Waals surface area (Å²) in [6, 6.07) is 13.9. The second kappa shape index (κ2) is 7.69. The van der Waals surface area contributed by atoms with E-state index in [9.17, 15) is 9.59 Å². The molecule has 2 aromatic carbocycles. The lowest BCUT2D eigenvalue weighted by molar-refractivity contribution is -0.123. The number of carbonyl (C=O) groups excluding carboxylic acids is 2. The number of nitrogens with zero attached hydrogens (tertiary/aromatic N) is 1. The van der Waals surface area contributed by atoms with Crippen LogP contribution < -0.4 is 20.7 Å². The molecule has 26 heavy (non-hydrogen) atoms. The molecule has 2 amide bonds. The number of hydrogen-bond donors (Lipinski definition) is 3. The highest BCUT2D eigenvalue weighted by Gasteiger charge is 2.28. The molecule has 0 saturated heterocycles. The van der Waals surface area contributed by atoms with Crippen LogP contribution in [0.25, 0.3) is 0 Å². The number of nitrogens with one attached hydrogen (secondary N) is 3. The van der Waals surface area contributed by atoms with E-state index in [1.165, 1.54) is 0 Å². The van der Waals surface area contributed by atoms with Gasteiger partial charge in [-0.1, -0.05) is 12.1 Å². The van der Waals surface area contributed by atoms with Gasteiger partial charge in [0.1, 0.15) is 11.8 Å². The molecule has 0 unspecified atom stereocenters. The molecular weight excluding hydrogens is 332 g/mol. The predicted molar refractivity (Wildman–Crippen MR) is 100 cm³/mol. The summed E-state index contributed by atoms with van der Waals surface area (Å²) in [7, 11) is 1.58. The number of carbonyl (C=O) groups is 2. The number of amides is 2. The van der Waals surface area contributed by atoms with Crippen LogP contribution in [-0.4, -0.2) is 30.9 Å². The van der Waals surface area contributed by atoms with Crippen LogP contribution in [0.1, 0.15) is 12.0 Å². The summed E-state index contributed by atoms with van der Waals surface area (Å²) >= 11 is 0. The zero-order valence-electron chi connectivity index (χ0n) is 14.6. The van der Waals surface area contributed by atoms with Crippen molar-refractivity contribution in [2.75, 3.05) is 17.7 Å². The largest absolute Gasteiger partial charge is 0.497 e. The van der Waals surface area contributed by atoms with Gasteiger partial charge in [-0.3, -0.25) is 14.9 Å². The summed E-state index contributed by atoms with van der Waals surface area (Å²) in [6.07, 6.45) is -0.0309. The fourth-order valence-corrected chi connectivity index (χ4v) is 2.57. The number of guanidine groups is 1.